The highest BCUT2D eigenvalue weighted by Crippen LogP contribution is 2.33. The van der Waals surface area contributed by atoms with Crippen molar-refractivity contribution < 1.29 is 9.53 Å². The summed E-state index contributed by atoms with van der Waals surface area (Å²) in [7, 11) is 0. The van der Waals surface area contributed by atoms with Gasteiger partial charge in [-0.3, -0.25) is 9.80 Å². The Kier molecular flexibility index (Phi) is 6.78. The van der Waals surface area contributed by atoms with Crippen LogP contribution < -0.4 is 20.7 Å². The molecule has 35 heavy (non-hydrogen) atoms. The first-order chi connectivity index (χ1) is 17.1. The zero-order valence-corrected chi connectivity index (χ0v) is 20.0. The number of amides is 2. The highest BCUT2D eigenvalue weighted by Gasteiger charge is 2.25. The Balaban J connectivity index is 1.17. The van der Waals surface area contributed by atoms with Gasteiger partial charge in [-0.15, -0.1) is 0 Å². The molecular formula is C26H31N7O2. The lowest BCUT2D eigenvalue weighted by Gasteiger charge is -2.34. The average molecular weight is 474 g/mol. The Morgan fingerprint density at radius 1 is 1.00 bits per heavy atom. The van der Waals surface area contributed by atoms with Crippen LogP contribution in [0.1, 0.15) is 18.1 Å². The summed E-state index contributed by atoms with van der Waals surface area (Å²) in [6.07, 6.45) is 2.13. The number of nitrogens with zero attached hydrogens (tertiary/aromatic N) is 5. The van der Waals surface area contributed by atoms with Gasteiger partial charge in [0.2, 0.25) is 5.88 Å². The number of rotatable bonds is 6. The molecule has 0 spiro atoms. The molecule has 2 aliphatic heterocycles. The summed E-state index contributed by atoms with van der Waals surface area (Å²) in [6, 6.07) is 15.3. The van der Waals surface area contributed by atoms with Gasteiger partial charge >= 0.3 is 6.03 Å². The number of carbonyl (C=O) groups is 1. The average Bonchev–Trinajstić information content (AvgIpc) is 3.29. The van der Waals surface area contributed by atoms with Gasteiger partial charge in [0.15, 0.2) is 0 Å². The minimum absolute atomic E-state index is 0.135. The highest BCUT2D eigenvalue weighted by atomic mass is 16.5. The molecule has 2 aliphatic rings. The van der Waals surface area contributed by atoms with Crippen LogP contribution in [-0.4, -0.2) is 65.1 Å². The van der Waals surface area contributed by atoms with Crippen molar-refractivity contribution in [3.63, 3.8) is 0 Å². The number of piperazine rings is 1. The number of fused-ring (bicyclic) bond motifs is 1. The van der Waals surface area contributed by atoms with E-state index in [1.807, 2.05) is 30.3 Å². The fourth-order valence-electron chi connectivity index (χ4n) is 4.59. The van der Waals surface area contributed by atoms with Crippen LogP contribution in [0.25, 0.3) is 0 Å². The van der Waals surface area contributed by atoms with Gasteiger partial charge in [-0.25, -0.2) is 14.8 Å². The third-order valence-electron chi connectivity index (χ3n) is 6.60. The lowest BCUT2D eigenvalue weighted by atomic mass is 10.1. The van der Waals surface area contributed by atoms with Crippen LogP contribution in [0, 0.1) is 0 Å². The van der Waals surface area contributed by atoms with Gasteiger partial charge in [0, 0.05) is 56.7 Å². The number of nitrogen functional groups attached to an aromatic ring is 1. The molecule has 3 heterocycles. The molecule has 1 saturated heterocycles. The van der Waals surface area contributed by atoms with Crippen molar-refractivity contribution in [2.45, 2.75) is 19.9 Å². The summed E-state index contributed by atoms with van der Waals surface area (Å²) in [4.78, 5) is 27.7. The number of nitrogens with two attached hydrogens (primary N) is 1. The van der Waals surface area contributed by atoms with Crippen molar-refractivity contribution in [2.75, 3.05) is 55.2 Å². The number of anilines is 3. The smallest absolute Gasteiger partial charge is 0.326 e. The molecule has 2 amide bonds. The third-order valence-corrected chi connectivity index (χ3v) is 6.60. The normalized spacial score (nSPS) is 16.2. The summed E-state index contributed by atoms with van der Waals surface area (Å²) in [5.41, 5.74) is 9.69. The van der Waals surface area contributed by atoms with E-state index in [-0.39, 0.29) is 6.03 Å². The molecule has 1 aromatic heterocycles. The zero-order valence-electron chi connectivity index (χ0n) is 20.0. The molecule has 3 aromatic rings. The van der Waals surface area contributed by atoms with E-state index in [1.54, 1.807) is 11.0 Å². The molecule has 0 aliphatic carbocycles. The second-order valence-corrected chi connectivity index (χ2v) is 8.91. The molecule has 5 rings (SSSR count). The number of likely N-dealkylation sites (N-methyl/N-ethyl adjacent to an activating group) is 1. The van der Waals surface area contributed by atoms with E-state index < -0.39 is 0 Å². The van der Waals surface area contributed by atoms with E-state index in [2.05, 4.69) is 44.1 Å². The maximum atomic E-state index is 13.0. The zero-order chi connectivity index (χ0) is 24.2. The summed E-state index contributed by atoms with van der Waals surface area (Å²) in [5, 5.41) is 3.03. The Hall–Kier alpha value is -3.69. The van der Waals surface area contributed by atoms with Crippen molar-refractivity contribution in [1.82, 2.24) is 19.8 Å². The first kappa shape index (κ1) is 23.1. The number of nitrogens with one attached hydrogen (secondary N) is 1. The Bertz CT molecular complexity index is 1180. The monoisotopic (exact) mass is 473 g/mol. The van der Waals surface area contributed by atoms with Crippen LogP contribution in [0.5, 0.6) is 11.6 Å². The molecule has 1 fully saturated rings. The van der Waals surface area contributed by atoms with E-state index in [1.165, 1.54) is 11.9 Å². The summed E-state index contributed by atoms with van der Waals surface area (Å²) >= 11 is 0. The molecule has 0 atom stereocenters. The SMILES string of the molecule is CCN1CCN(Cc2ccc(NC(=O)N3CCc4cc(Oc5cc(N)ncn5)ccc43)cc2)CC1. The summed E-state index contributed by atoms with van der Waals surface area (Å²) in [5.74, 6) is 1.38. The van der Waals surface area contributed by atoms with E-state index >= 15 is 0 Å². The Morgan fingerprint density at radius 3 is 2.51 bits per heavy atom. The minimum Gasteiger partial charge on any atom is -0.439 e. The quantitative estimate of drug-likeness (QED) is 0.564. The predicted octanol–water partition coefficient (Wildman–Crippen LogP) is 3.58. The predicted molar refractivity (Wildman–Crippen MR) is 137 cm³/mol. The van der Waals surface area contributed by atoms with Gasteiger partial charge in [0.05, 0.1) is 0 Å². The maximum Gasteiger partial charge on any atom is 0.326 e. The lowest BCUT2D eigenvalue weighted by Crippen LogP contribution is -2.45. The number of carbonyl (C=O) groups excluding carboxylic acids is 1. The first-order valence-electron chi connectivity index (χ1n) is 12.1. The van der Waals surface area contributed by atoms with Crippen LogP contribution in [-0.2, 0) is 13.0 Å². The van der Waals surface area contributed by atoms with Gasteiger partial charge in [-0.2, -0.15) is 0 Å². The topological polar surface area (TPSA) is 99.8 Å². The van der Waals surface area contributed by atoms with Gasteiger partial charge < -0.3 is 20.7 Å². The number of urea groups is 1. The van der Waals surface area contributed by atoms with E-state index in [9.17, 15) is 4.79 Å². The molecule has 182 valence electrons. The van der Waals surface area contributed by atoms with Gasteiger partial charge in [-0.1, -0.05) is 19.1 Å². The standard InChI is InChI=1S/C26H31N7O2/c1-2-31-11-13-32(14-12-31)17-19-3-5-21(6-4-19)30-26(34)33-10-9-20-15-22(7-8-23(20)33)35-25-16-24(27)28-18-29-25/h3-8,15-16,18H,2,9-14,17H2,1H3,(H,30,34)(H2,27,28,29). The second kappa shape index (κ2) is 10.3. The fraction of sp³-hybridized carbons (Fsp3) is 0.346. The molecule has 0 bridgehead atoms. The van der Waals surface area contributed by atoms with Crippen molar-refractivity contribution in [2.24, 2.45) is 0 Å². The van der Waals surface area contributed by atoms with Crippen LogP contribution in [0.3, 0.4) is 0 Å². The Morgan fingerprint density at radius 2 is 1.77 bits per heavy atom. The first-order valence-corrected chi connectivity index (χ1v) is 12.1. The van der Waals surface area contributed by atoms with Crippen molar-refractivity contribution in [3.8, 4) is 11.6 Å². The van der Waals surface area contributed by atoms with Crippen molar-refractivity contribution in [1.29, 1.82) is 0 Å². The maximum absolute atomic E-state index is 13.0. The van der Waals surface area contributed by atoms with Gasteiger partial charge in [0.25, 0.3) is 0 Å². The molecular weight excluding hydrogens is 442 g/mol. The van der Waals surface area contributed by atoms with E-state index in [0.717, 1.165) is 62.6 Å². The Labute approximate surface area is 205 Å². The third kappa shape index (κ3) is 5.52. The summed E-state index contributed by atoms with van der Waals surface area (Å²) < 4.78 is 5.80. The van der Waals surface area contributed by atoms with E-state index in [4.69, 9.17) is 10.5 Å². The van der Waals surface area contributed by atoms with Crippen LogP contribution in [0.15, 0.2) is 54.9 Å². The molecule has 0 radical (unpaired) electrons. The molecule has 3 N–H and O–H groups in total. The molecule has 2 aromatic carbocycles. The largest absolute Gasteiger partial charge is 0.439 e. The van der Waals surface area contributed by atoms with E-state index in [0.29, 0.717) is 24.0 Å². The van der Waals surface area contributed by atoms with Crippen LogP contribution in [0.4, 0.5) is 22.0 Å². The van der Waals surface area contributed by atoms with Crippen molar-refractivity contribution in [3.05, 3.63) is 66.0 Å². The number of hydrogen-bond acceptors (Lipinski definition) is 7. The van der Waals surface area contributed by atoms with Crippen LogP contribution >= 0.6 is 0 Å². The minimum atomic E-state index is -0.135. The number of benzene rings is 2. The molecule has 9 heteroatoms. The highest BCUT2D eigenvalue weighted by molar-refractivity contribution is 6.03. The van der Waals surface area contributed by atoms with Gasteiger partial charge in [0.1, 0.15) is 17.9 Å². The molecule has 9 nitrogen and oxygen atoms in total. The fourth-order valence-corrected chi connectivity index (χ4v) is 4.59. The number of ether oxygens (including phenoxy) is 1. The molecule has 0 saturated carbocycles. The lowest BCUT2D eigenvalue weighted by molar-refractivity contribution is 0.132. The van der Waals surface area contributed by atoms with Crippen molar-refractivity contribution >= 4 is 23.2 Å². The number of aromatic nitrogens is 2. The number of hydrogen-bond donors (Lipinski definition) is 2. The second-order valence-electron chi connectivity index (χ2n) is 8.91. The van der Waals surface area contributed by atoms with Gasteiger partial charge in [-0.05, 0) is 54.4 Å². The van der Waals surface area contributed by atoms with Crippen LogP contribution in [0.2, 0.25) is 0 Å². The summed E-state index contributed by atoms with van der Waals surface area (Å²) in [6.45, 7) is 9.35. The molecule has 0 unspecified atom stereocenters.